The molecule has 6 fully saturated rings. The Morgan fingerprint density at radius 2 is 1.80 bits per heavy atom. The van der Waals surface area contributed by atoms with Crippen molar-refractivity contribution in [1.29, 1.82) is 0 Å². The van der Waals surface area contributed by atoms with Crippen LogP contribution in [0.4, 0.5) is 0 Å². The lowest BCUT2D eigenvalue weighted by Gasteiger charge is -2.42. The van der Waals surface area contributed by atoms with Crippen LogP contribution in [0.25, 0.3) is 0 Å². The van der Waals surface area contributed by atoms with Crippen molar-refractivity contribution in [1.82, 2.24) is 25.9 Å². The lowest BCUT2D eigenvalue weighted by atomic mass is 9.85. The molecule has 1 saturated carbocycles. The van der Waals surface area contributed by atoms with Gasteiger partial charge in [0.05, 0.1) is 30.6 Å². The van der Waals surface area contributed by atoms with E-state index in [1.807, 2.05) is 0 Å². The topological polar surface area (TPSA) is 104 Å². The molecule has 6 aliphatic rings. The second kappa shape index (κ2) is 10.9. The number of nitrogens with zero attached hydrogens (tertiary/aromatic N) is 2. The third-order valence-electron chi connectivity index (χ3n) is 9.91. The second-order valence-corrected chi connectivity index (χ2v) is 12.0. The summed E-state index contributed by atoms with van der Waals surface area (Å²) in [6, 6.07) is 0.420. The molecule has 1 aliphatic carbocycles. The average Bonchev–Trinajstić information content (AvgIpc) is 3.63. The fraction of sp³-hybridized carbons (Fsp3) is 0.962. The first kappa shape index (κ1) is 24.5. The number of fused-ring (bicyclic) bond motifs is 1. The molecule has 0 aromatic heterocycles. The van der Waals surface area contributed by atoms with E-state index < -0.39 is 0 Å². The van der Waals surface area contributed by atoms with E-state index in [9.17, 15) is 4.79 Å². The van der Waals surface area contributed by atoms with Crippen LogP contribution in [0.1, 0.15) is 70.6 Å². The van der Waals surface area contributed by atoms with E-state index in [1.54, 1.807) is 0 Å². The molecule has 5 aliphatic heterocycles. The van der Waals surface area contributed by atoms with Crippen molar-refractivity contribution in [3.05, 3.63) is 0 Å². The Morgan fingerprint density at radius 3 is 2.63 bits per heavy atom. The maximum atomic E-state index is 11.5. The minimum absolute atomic E-state index is 0.0471. The molecule has 0 radical (unpaired) electrons. The minimum Gasteiger partial charge on any atom is -0.373 e. The molecule has 1 amide bonds. The van der Waals surface area contributed by atoms with Crippen molar-refractivity contribution in [3.8, 4) is 0 Å². The number of nitrogens with two attached hydrogens (primary N) is 1. The van der Waals surface area contributed by atoms with Crippen LogP contribution >= 0.6 is 0 Å². The number of nitrogens with one attached hydrogen (secondary N) is 3. The number of hydrogen-bond donors (Lipinski definition) is 4. The van der Waals surface area contributed by atoms with Gasteiger partial charge in [-0.1, -0.05) is 12.8 Å². The molecule has 9 heteroatoms. The lowest BCUT2D eigenvalue weighted by Crippen LogP contribution is -2.57. The Labute approximate surface area is 210 Å². The van der Waals surface area contributed by atoms with Crippen LogP contribution in [0.2, 0.25) is 0 Å². The number of rotatable bonds is 6. The molecule has 9 nitrogen and oxygen atoms in total. The quantitative estimate of drug-likeness (QED) is 0.439. The lowest BCUT2D eigenvalue weighted by molar-refractivity contribution is -0.123. The molecule has 5 saturated heterocycles. The SMILES string of the molecule is NC(=O)C1CCN(C2CC(C3NOC([C@@H]4CCCN4CC4CC5CCCCC5O4)N3)CCN2)CC1. The van der Waals surface area contributed by atoms with Gasteiger partial charge in [-0.05, 0) is 82.7 Å². The number of hydroxylamine groups is 1. The highest BCUT2D eigenvalue weighted by molar-refractivity contribution is 5.76. The summed E-state index contributed by atoms with van der Waals surface area (Å²) in [6.07, 6.45) is 14.6. The predicted molar refractivity (Wildman–Crippen MR) is 133 cm³/mol. The molecule has 0 aromatic rings. The van der Waals surface area contributed by atoms with Gasteiger partial charge < -0.3 is 15.8 Å². The van der Waals surface area contributed by atoms with E-state index in [2.05, 4.69) is 25.9 Å². The zero-order valence-corrected chi connectivity index (χ0v) is 21.2. The molecule has 7 unspecified atom stereocenters. The van der Waals surface area contributed by atoms with Crippen molar-refractivity contribution in [3.63, 3.8) is 0 Å². The second-order valence-electron chi connectivity index (χ2n) is 12.0. The van der Waals surface area contributed by atoms with Gasteiger partial charge in [-0.2, -0.15) is 5.48 Å². The minimum atomic E-state index is -0.138. The Hall–Kier alpha value is -0.810. The van der Waals surface area contributed by atoms with Crippen LogP contribution < -0.4 is 21.8 Å². The number of hydrogen-bond acceptors (Lipinski definition) is 8. The van der Waals surface area contributed by atoms with Crippen LogP contribution in [-0.4, -0.2) is 85.2 Å². The Balaban J connectivity index is 0.992. The molecular formula is C26H46N6O3. The molecule has 198 valence electrons. The van der Waals surface area contributed by atoms with Crippen molar-refractivity contribution in [2.45, 2.75) is 107 Å². The maximum Gasteiger partial charge on any atom is 0.220 e. The number of amides is 1. The summed E-state index contributed by atoms with van der Waals surface area (Å²) >= 11 is 0. The molecule has 0 spiro atoms. The number of carbonyl (C=O) groups is 1. The van der Waals surface area contributed by atoms with Gasteiger partial charge in [0.2, 0.25) is 5.91 Å². The monoisotopic (exact) mass is 490 g/mol. The van der Waals surface area contributed by atoms with Gasteiger partial charge in [-0.3, -0.25) is 24.7 Å². The van der Waals surface area contributed by atoms with Gasteiger partial charge in [0.15, 0.2) is 0 Å². The van der Waals surface area contributed by atoms with Gasteiger partial charge in [-0.15, -0.1) is 0 Å². The summed E-state index contributed by atoms with van der Waals surface area (Å²) in [5.74, 6) is 1.24. The van der Waals surface area contributed by atoms with Gasteiger partial charge in [0.25, 0.3) is 0 Å². The highest BCUT2D eigenvalue weighted by atomic mass is 16.7. The zero-order chi connectivity index (χ0) is 23.8. The molecule has 0 aromatic carbocycles. The molecule has 35 heavy (non-hydrogen) atoms. The largest absolute Gasteiger partial charge is 0.373 e. The number of piperidine rings is 2. The molecule has 6 rings (SSSR count). The van der Waals surface area contributed by atoms with E-state index in [-0.39, 0.29) is 24.2 Å². The fourth-order valence-electron chi connectivity index (χ4n) is 7.88. The van der Waals surface area contributed by atoms with Gasteiger partial charge in [0, 0.05) is 25.6 Å². The van der Waals surface area contributed by atoms with Crippen LogP contribution in [0.5, 0.6) is 0 Å². The highest BCUT2D eigenvalue weighted by Crippen LogP contribution is 2.38. The van der Waals surface area contributed by atoms with E-state index in [1.165, 1.54) is 44.9 Å². The first-order valence-corrected chi connectivity index (χ1v) is 14.5. The summed E-state index contributed by atoms with van der Waals surface area (Å²) in [5.41, 5.74) is 8.91. The summed E-state index contributed by atoms with van der Waals surface area (Å²) in [6.45, 7) is 5.13. The van der Waals surface area contributed by atoms with Crippen LogP contribution in [-0.2, 0) is 14.4 Å². The van der Waals surface area contributed by atoms with Crippen LogP contribution in [0, 0.1) is 17.8 Å². The predicted octanol–water partition coefficient (Wildman–Crippen LogP) is 1.10. The van der Waals surface area contributed by atoms with Crippen LogP contribution in [0.3, 0.4) is 0 Å². The van der Waals surface area contributed by atoms with Crippen molar-refractivity contribution < 1.29 is 14.4 Å². The van der Waals surface area contributed by atoms with Crippen molar-refractivity contribution >= 4 is 5.91 Å². The van der Waals surface area contributed by atoms with Crippen molar-refractivity contribution in [2.75, 3.05) is 32.7 Å². The number of ether oxygens (including phenoxy) is 1. The molecule has 5 heterocycles. The molecule has 8 atom stereocenters. The summed E-state index contributed by atoms with van der Waals surface area (Å²) in [4.78, 5) is 22.9. The van der Waals surface area contributed by atoms with Gasteiger partial charge in [0.1, 0.15) is 6.23 Å². The average molecular weight is 491 g/mol. The maximum absolute atomic E-state index is 11.5. The Kier molecular flexibility index (Phi) is 7.63. The van der Waals surface area contributed by atoms with E-state index in [0.29, 0.717) is 30.3 Å². The van der Waals surface area contributed by atoms with Gasteiger partial charge in [-0.25, -0.2) is 0 Å². The van der Waals surface area contributed by atoms with E-state index in [4.69, 9.17) is 15.3 Å². The Bertz CT molecular complexity index is 720. The first-order valence-electron chi connectivity index (χ1n) is 14.5. The molecule has 0 bridgehead atoms. The van der Waals surface area contributed by atoms with Crippen LogP contribution in [0.15, 0.2) is 0 Å². The Morgan fingerprint density at radius 1 is 0.943 bits per heavy atom. The fourth-order valence-corrected chi connectivity index (χ4v) is 7.88. The smallest absolute Gasteiger partial charge is 0.220 e. The highest BCUT2D eigenvalue weighted by Gasteiger charge is 2.44. The number of primary amides is 1. The zero-order valence-electron chi connectivity index (χ0n) is 21.2. The van der Waals surface area contributed by atoms with E-state index in [0.717, 1.165) is 64.3 Å². The summed E-state index contributed by atoms with van der Waals surface area (Å²) in [5, 5.41) is 7.54. The summed E-state index contributed by atoms with van der Waals surface area (Å²) < 4.78 is 6.49. The third kappa shape index (κ3) is 5.42. The van der Waals surface area contributed by atoms with Gasteiger partial charge >= 0.3 is 0 Å². The standard InChI is InChI=1S/C26H46N6O3/c27-24(33)17-8-12-31(13-9-17)23-15-19(7-10-28-23)25-29-26(35-30-25)21-5-3-11-32(21)16-20-14-18-4-1-2-6-22(18)34-20/h17-23,25-26,28-30H,1-16H2,(H2,27,33)/t18?,19?,20?,21-,22?,23?,25?,26?/m0/s1. The molecule has 5 N–H and O–H groups in total. The number of carbonyl (C=O) groups excluding carboxylic acids is 1. The normalized spacial score (nSPS) is 44.0. The number of likely N-dealkylation sites (tertiary alicyclic amines) is 2. The third-order valence-corrected chi connectivity index (χ3v) is 9.91. The first-order chi connectivity index (χ1) is 17.1. The van der Waals surface area contributed by atoms with Crippen molar-refractivity contribution in [2.24, 2.45) is 23.5 Å². The molecular weight excluding hydrogens is 444 g/mol. The van der Waals surface area contributed by atoms with E-state index >= 15 is 0 Å². The summed E-state index contributed by atoms with van der Waals surface area (Å²) in [7, 11) is 0.